The van der Waals surface area contributed by atoms with Gasteiger partial charge in [-0.2, -0.15) is 0 Å². The summed E-state index contributed by atoms with van der Waals surface area (Å²) in [5, 5.41) is 8.88. The zero-order valence-corrected chi connectivity index (χ0v) is 19.7. The number of nitrogens with zero attached hydrogens (tertiary/aromatic N) is 4. The van der Waals surface area contributed by atoms with Gasteiger partial charge in [0.15, 0.2) is 0 Å². The van der Waals surface area contributed by atoms with E-state index in [0.717, 1.165) is 50.3 Å². The molecular formula is C26H32N4O5. The molecule has 0 spiro atoms. The van der Waals surface area contributed by atoms with E-state index in [0.29, 0.717) is 19.4 Å². The molecule has 9 heteroatoms. The molecule has 35 heavy (non-hydrogen) atoms. The number of carbonyl (C=O) groups is 2. The third kappa shape index (κ3) is 5.35. The lowest BCUT2D eigenvalue weighted by atomic mass is 9.95. The number of likely N-dealkylation sites (tertiary alicyclic amines) is 1. The Morgan fingerprint density at radius 1 is 1.00 bits per heavy atom. The zero-order chi connectivity index (χ0) is 24.2. The minimum atomic E-state index is -1.22. The van der Waals surface area contributed by atoms with Crippen LogP contribution in [0.3, 0.4) is 0 Å². The van der Waals surface area contributed by atoms with E-state index in [9.17, 15) is 9.59 Å². The summed E-state index contributed by atoms with van der Waals surface area (Å²) >= 11 is 0. The molecule has 3 aliphatic rings. The van der Waals surface area contributed by atoms with Crippen molar-refractivity contribution in [3.8, 4) is 0 Å². The first kappa shape index (κ1) is 23.4. The van der Waals surface area contributed by atoms with Crippen molar-refractivity contribution in [2.75, 3.05) is 37.6 Å². The van der Waals surface area contributed by atoms with E-state index in [1.807, 2.05) is 47.6 Å². The molecular weight excluding hydrogens is 448 g/mol. The van der Waals surface area contributed by atoms with Gasteiger partial charge in [-0.15, -0.1) is 0 Å². The number of carbonyl (C=O) groups excluding carboxylic acids is 1. The Balaban J connectivity index is 1.27. The summed E-state index contributed by atoms with van der Waals surface area (Å²) in [5.41, 5.74) is 2.25. The second kappa shape index (κ2) is 10.5. The third-order valence-electron chi connectivity index (χ3n) is 7.38. The molecule has 2 aromatic rings. The van der Waals surface area contributed by atoms with Gasteiger partial charge in [-0.3, -0.25) is 14.8 Å². The molecule has 3 aliphatic heterocycles. The van der Waals surface area contributed by atoms with Crippen LogP contribution in [0, 0.1) is 0 Å². The number of pyridine rings is 1. The predicted molar refractivity (Wildman–Crippen MR) is 129 cm³/mol. The van der Waals surface area contributed by atoms with Gasteiger partial charge in [0.25, 0.3) is 0 Å². The fourth-order valence-electron chi connectivity index (χ4n) is 5.65. The van der Waals surface area contributed by atoms with E-state index in [1.54, 1.807) is 0 Å². The molecule has 0 aliphatic carbocycles. The minimum absolute atomic E-state index is 0.116. The minimum Gasteiger partial charge on any atom is -0.450 e. The molecule has 186 valence electrons. The van der Waals surface area contributed by atoms with Crippen LogP contribution in [0.5, 0.6) is 0 Å². The highest BCUT2D eigenvalue weighted by Gasteiger charge is 2.47. The Hall–Kier alpha value is -3.33. The third-order valence-corrected chi connectivity index (χ3v) is 7.38. The molecule has 0 saturated carbocycles. The van der Waals surface area contributed by atoms with E-state index >= 15 is 0 Å². The smallest absolute Gasteiger partial charge is 0.450 e. The summed E-state index contributed by atoms with van der Waals surface area (Å²) in [4.78, 5) is 34.7. The highest BCUT2D eigenvalue weighted by atomic mass is 16.7. The van der Waals surface area contributed by atoms with Crippen LogP contribution in [0.2, 0.25) is 0 Å². The molecule has 3 fully saturated rings. The summed E-state index contributed by atoms with van der Waals surface area (Å²) in [6, 6.07) is 14.2. The Labute approximate surface area is 205 Å². The number of rotatable bonds is 6. The van der Waals surface area contributed by atoms with E-state index in [1.165, 1.54) is 0 Å². The number of cyclic esters (lactones) is 1. The van der Waals surface area contributed by atoms with Gasteiger partial charge in [0, 0.05) is 56.8 Å². The fourth-order valence-corrected chi connectivity index (χ4v) is 5.65. The van der Waals surface area contributed by atoms with Crippen LogP contribution in [0.4, 0.5) is 15.3 Å². The number of ether oxygens (including phenoxy) is 2. The summed E-state index contributed by atoms with van der Waals surface area (Å²) in [6.45, 7) is 3.82. The lowest BCUT2D eigenvalue weighted by Gasteiger charge is -2.40. The molecule has 3 saturated heterocycles. The van der Waals surface area contributed by atoms with Crippen molar-refractivity contribution in [1.82, 2.24) is 14.8 Å². The van der Waals surface area contributed by atoms with Gasteiger partial charge >= 0.3 is 12.2 Å². The normalized spacial score (nSPS) is 24.4. The van der Waals surface area contributed by atoms with Crippen molar-refractivity contribution in [2.45, 2.75) is 50.0 Å². The van der Waals surface area contributed by atoms with Crippen LogP contribution < -0.4 is 4.90 Å². The summed E-state index contributed by atoms with van der Waals surface area (Å²) in [6.07, 6.45) is 4.69. The van der Waals surface area contributed by atoms with Crippen LogP contribution in [-0.4, -0.2) is 83.1 Å². The van der Waals surface area contributed by atoms with Crippen LogP contribution in [0.1, 0.15) is 37.3 Å². The number of piperidine rings is 2. The van der Waals surface area contributed by atoms with Gasteiger partial charge in [-0.25, -0.2) is 9.59 Å². The molecule has 5 rings (SSSR count). The van der Waals surface area contributed by atoms with E-state index in [2.05, 4.69) is 26.9 Å². The Bertz CT molecular complexity index is 991. The summed E-state index contributed by atoms with van der Waals surface area (Å²) in [5.74, 6) is 0. The van der Waals surface area contributed by atoms with Crippen molar-refractivity contribution in [3.63, 3.8) is 0 Å². The number of benzene rings is 1. The lowest BCUT2D eigenvalue weighted by Crippen LogP contribution is -2.47. The van der Waals surface area contributed by atoms with Crippen LogP contribution in [0.25, 0.3) is 0 Å². The highest BCUT2D eigenvalue weighted by molar-refractivity contribution is 5.72. The number of hydrogen-bond acceptors (Lipinski definition) is 7. The monoisotopic (exact) mass is 480 g/mol. The first-order valence-electron chi connectivity index (χ1n) is 12.4. The van der Waals surface area contributed by atoms with Gasteiger partial charge in [0.1, 0.15) is 12.2 Å². The zero-order valence-electron chi connectivity index (χ0n) is 19.7. The van der Waals surface area contributed by atoms with Gasteiger partial charge in [0.2, 0.25) is 0 Å². The Morgan fingerprint density at radius 3 is 2.34 bits per heavy atom. The van der Waals surface area contributed by atoms with Crippen LogP contribution in [0.15, 0.2) is 54.9 Å². The molecule has 1 amide bonds. The molecule has 2 unspecified atom stereocenters. The molecule has 1 aromatic heterocycles. The number of amides is 1. The first-order chi connectivity index (χ1) is 17.1. The maximum Gasteiger partial charge on any atom is 0.506 e. The Morgan fingerprint density at radius 2 is 1.69 bits per heavy atom. The first-order valence-corrected chi connectivity index (χ1v) is 12.4. The molecule has 4 heterocycles. The maximum atomic E-state index is 13.2. The van der Waals surface area contributed by atoms with Gasteiger partial charge in [-0.05, 0) is 43.4 Å². The molecule has 0 radical (unpaired) electrons. The molecule has 1 N–H and O–H groups in total. The SMILES string of the molecule is O=C(O)OC1CCN(CC2OC(=O)N(C3CCN(c4ccncc4)CC3)C2c2ccccc2)CC1. The van der Waals surface area contributed by atoms with Crippen LogP contribution >= 0.6 is 0 Å². The molecule has 0 bridgehead atoms. The summed E-state index contributed by atoms with van der Waals surface area (Å²) in [7, 11) is 0. The molecule has 2 atom stereocenters. The molecule has 1 aromatic carbocycles. The van der Waals surface area contributed by atoms with Crippen molar-refractivity contribution >= 4 is 17.9 Å². The number of carboxylic acid groups (broad SMARTS) is 1. The lowest BCUT2D eigenvalue weighted by molar-refractivity contribution is 0.0101. The second-order valence-corrected chi connectivity index (χ2v) is 9.49. The maximum absolute atomic E-state index is 13.2. The average molecular weight is 481 g/mol. The van der Waals surface area contributed by atoms with Crippen molar-refractivity contribution in [3.05, 3.63) is 60.4 Å². The number of hydrogen-bond donors (Lipinski definition) is 1. The van der Waals surface area contributed by atoms with Crippen molar-refractivity contribution in [2.24, 2.45) is 0 Å². The average Bonchev–Trinajstić information content (AvgIpc) is 3.21. The quantitative estimate of drug-likeness (QED) is 0.625. The Kier molecular flexibility index (Phi) is 7.03. The van der Waals surface area contributed by atoms with Crippen molar-refractivity contribution < 1.29 is 24.2 Å². The number of anilines is 1. The fraction of sp³-hybridized carbons (Fsp3) is 0.500. The predicted octanol–water partition coefficient (Wildman–Crippen LogP) is 3.77. The van der Waals surface area contributed by atoms with E-state index in [4.69, 9.17) is 14.6 Å². The van der Waals surface area contributed by atoms with Crippen LogP contribution in [-0.2, 0) is 9.47 Å². The topological polar surface area (TPSA) is 95.4 Å². The number of aromatic nitrogens is 1. The van der Waals surface area contributed by atoms with Gasteiger partial charge < -0.3 is 19.5 Å². The standard InChI is InChI=1S/C26H32N4O5/c31-25-30(21-8-16-29(17-9-21)20-6-12-27-13-7-20)24(19-4-2-1-3-5-19)23(35-25)18-28-14-10-22(11-15-28)34-26(32)33/h1-7,12-13,21-24H,8-11,14-18H2,(H,32,33). The summed E-state index contributed by atoms with van der Waals surface area (Å²) < 4.78 is 10.9. The molecule has 9 nitrogen and oxygen atoms in total. The largest absolute Gasteiger partial charge is 0.506 e. The van der Waals surface area contributed by atoms with E-state index in [-0.39, 0.29) is 30.4 Å². The van der Waals surface area contributed by atoms with E-state index < -0.39 is 6.16 Å². The second-order valence-electron chi connectivity index (χ2n) is 9.49. The highest BCUT2D eigenvalue weighted by Crippen LogP contribution is 2.38. The van der Waals surface area contributed by atoms with Gasteiger partial charge in [0.05, 0.1) is 6.04 Å². The van der Waals surface area contributed by atoms with Gasteiger partial charge in [-0.1, -0.05) is 30.3 Å². The van der Waals surface area contributed by atoms with Crippen molar-refractivity contribution in [1.29, 1.82) is 0 Å².